The third-order valence-corrected chi connectivity index (χ3v) is 4.76. The zero-order valence-corrected chi connectivity index (χ0v) is 15.3. The number of rotatable bonds is 10. The van der Waals surface area contributed by atoms with Crippen LogP contribution in [0, 0.1) is 0 Å². The van der Waals surface area contributed by atoms with Gasteiger partial charge in [-0.25, -0.2) is 0 Å². The summed E-state index contributed by atoms with van der Waals surface area (Å²) in [6.07, 6.45) is 5.39. The van der Waals surface area contributed by atoms with Gasteiger partial charge in [0.05, 0.1) is 0 Å². The predicted molar refractivity (Wildman–Crippen MR) is 99.8 cm³/mol. The number of carbonyl (C=O) groups is 1. The van der Waals surface area contributed by atoms with Crippen LogP contribution < -0.4 is 10.6 Å². The molecule has 1 unspecified atom stereocenters. The number of nitrogens with zero attached hydrogens (tertiary/aromatic N) is 1. The Labute approximate surface area is 147 Å². The largest absolute Gasteiger partial charge is 0.352 e. The molecule has 1 aliphatic rings. The number of amides is 1. The molecule has 2 rings (SSSR count). The van der Waals surface area contributed by atoms with E-state index in [0.29, 0.717) is 19.0 Å². The lowest BCUT2D eigenvalue weighted by atomic mass is 10.1. The van der Waals surface area contributed by atoms with Crippen LogP contribution in [0.1, 0.15) is 57.1 Å². The van der Waals surface area contributed by atoms with Crippen molar-refractivity contribution in [3.63, 3.8) is 0 Å². The normalized spacial score (nSPS) is 17.4. The molecule has 1 aliphatic heterocycles. The Kier molecular flexibility index (Phi) is 8.26. The number of carbonyl (C=O) groups excluding carboxylic acids is 1. The Morgan fingerprint density at radius 2 is 2.17 bits per heavy atom. The summed E-state index contributed by atoms with van der Waals surface area (Å²) in [5.74, 6) is 0.151. The molecule has 4 nitrogen and oxygen atoms in total. The van der Waals surface area contributed by atoms with Gasteiger partial charge in [0.1, 0.15) is 0 Å². The predicted octanol–water partition coefficient (Wildman–Crippen LogP) is 3.07. The van der Waals surface area contributed by atoms with Crippen LogP contribution in [-0.2, 0) is 17.9 Å². The van der Waals surface area contributed by atoms with E-state index in [9.17, 15) is 4.79 Å². The molecule has 1 fully saturated rings. The van der Waals surface area contributed by atoms with Gasteiger partial charge in [-0.15, -0.1) is 0 Å². The van der Waals surface area contributed by atoms with Crippen LogP contribution in [0.25, 0.3) is 0 Å². The molecule has 0 aliphatic carbocycles. The van der Waals surface area contributed by atoms with Crippen LogP contribution in [0.15, 0.2) is 24.3 Å². The Balaban J connectivity index is 1.79. The van der Waals surface area contributed by atoms with Crippen LogP contribution >= 0.6 is 0 Å². The van der Waals surface area contributed by atoms with E-state index in [1.807, 2.05) is 0 Å². The molecule has 0 aromatic heterocycles. The molecular formula is C20H33N3O. The maximum atomic E-state index is 12.0. The van der Waals surface area contributed by atoms with E-state index >= 15 is 0 Å². The fraction of sp³-hybridized carbons (Fsp3) is 0.650. The lowest BCUT2D eigenvalue weighted by molar-refractivity contribution is -0.121. The first kappa shape index (κ1) is 18.9. The standard InChI is InChI=1S/C20H33N3O/c1-3-5-12-23(4-2)16-18-9-6-8-17(13-18)15-22-20(24)14-19-10-7-11-21-19/h6,8-9,13,19,21H,3-5,7,10-12,14-16H2,1-2H3,(H,22,24). The molecule has 0 bridgehead atoms. The van der Waals surface area contributed by atoms with E-state index in [1.54, 1.807) is 0 Å². The van der Waals surface area contributed by atoms with Crippen LogP contribution in [-0.4, -0.2) is 36.5 Å². The minimum atomic E-state index is 0.151. The van der Waals surface area contributed by atoms with Crippen LogP contribution in [0.4, 0.5) is 0 Å². The summed E-state index contributed by atoms with van der Waals surface area (Å²) in [7, 11) is 0. The maximum Gasteiger partial charge on any atom is 0.221 e. The van der Waals surface area contributed by atoms with Gasteiger partial charge in [-0.05, 0) is 50.0 Å². The topological polar surface area (TPSA) is 44.4 Å². The highest BCUT2D eigenvalue weighted by molar-refractivity contribution is 5.76. The van der Waals surface area contributed by atoms with E-state index in [0.717, 1.165) is 32.6 Å². The fourth-order valence-electron chi connectivity index (χ4n) is 3.25. The molecule has 1 aromatic carbocycles. The van der Waals surface area contributed by atoms with Crippen molar-refractivity contribution in [3.8, 4) is 0 Å². The van der Waals surface area contributed by atoms with Gasteiger partial charge in [-0.1, -0.05) is 44.5 Å². The fourth-order valence-corrected chi connectivity index (χ4v) is 3.25. The van der Waals surface area contributed by atoms with Crippen molar-refractivity contribution in [2.75, 3.05) is 19.6 Å². The SMILES string of the molecule is CCCCN(CC)Cc1cccc(CNC(=O)CC2CCCN2)c1. The monoisotopic (exact) mass is 331 g/mol. The summed E-state index contributed by atoms with van der Waals surface area (Å²) in [6.45, 7) is 9.35. The van der Waals surface area contributed by atoms with E-state index in [4.69, 9.17) is 0 Å². The molecule has 0 radical (unpaired) electrons. The minimum absolute atomic E-state index is 0.151. The minimum Gasteiger partial charge on any atom is -0.352 e. The second-order valence-corrected chi connectivity index (χ2v) is 6.82. The van der Waals surface area contributed by atoms with Crippen molar-refractivity contribution < 1.29 is 4.79 Å². The van der Waals surface area contributed by atoms with Gasteiger partial charge in [-0.3, -0.25) is 9.69 Å². The van der Waals surface area contributed by atoms with E-state index < -0.39 is 0 Å². The van der Waals surface area contributed by atoms with Crippen molar-refractivity contribution in [2.24, 2.45) is 0 Å². The summed E-state index contributed by atoms with van der Waals surface area (Å²) in [5.41, 5.74) is 2.52. The maximum absolute atomic E-state index is 12.0. The molecule has 1 amide bonds. The Bertz CT molecular complexity index is 497. The van der Waals surface area contributed by atoms with Crippen molar-refractivity contribution in [1.29, 1.82) is 0 Å². The van der Waals surface area contributed by atoms with E-state index in [-0.39, 0.29) is 5.91 Å². The van der Waals surface area contributed by atoms with Crippen molar-refractivity contribution in [1.82, 2.24) is 15.5 Å². The molecule has 4 heteroatoms. The van der Waals surface area contributed by atoms with Gasteiger partial charge in [-0.2, -0.15) is 0 Å². The molecule has 1 aromatic rings. The smallest absolute Gasteiger partial charge is 0.221 e. The van der Waals surface area contributed by atoms with Gasteiger partial charge < -0.3 is 10.6 Å². The Morgan fingerprint density at radius 3 is 2.88 bits per heavy atom. The first-order chi connectivity index (χ1) is 11.7. The molecule has 24 heavy (non-hydrogen) atoms. The van der Waals surface area contributed by atoms with Gasteiger partial charge in [0.25, 0.3) is 0 Å². The number of hydrogen-bond donors (Lipinski definition) is 2. The molecule has 2 N–H and O–H groups in total. The van der Waals surface area contributed by atoms with Crippen molar-refractivity contribution in [2.45, 2.75) is 65.1 Å². The summed E-state index contributed by atoms with van der Waals surface area (Å²) in [4.78, 5) is 14.5. The summed E-state index contributed by atoms with van der Waals surface area (Å²) in [5, 5.41) is 6.44. The van der Waals surface area contributed by atoms with Crippen LogP contribution in [0.3, 0.4) is 0 Å². The number of benzene rings is 1. The number of nitrogens with one attached hydrogen (secondary N) is 2. The molecular weight excluding hydrogens is 298 g/mol. The zero-order chi connectivity index (χ0) is 17.2. The highest BCUT2D eigenvalue weighted by Crippen LogP contribution is 2.11. The summed E-state index contributed by atoms with van der Waals surface area (Å²) >= 11 is 0. The average molecular weight is 332 g/mol. The van der Waals surface area contributed by atoms with E-state index in [2.05, 4.69) is 53.6 Å². The first-order valence-electron chi connectivity index (χ1n) is 9.51. The van der Waals surface area contributed by atoms with Gasteiger partial charge in [0.2, 0.25) is 5.91 Å². The third-order valence-electron chi connectivity index (χ3n) is 4.76. The van der Waals surface area contributed by atoms with Gasteiger partial charge in [0.15, 0.2) is 0 Å². The molecule has 0 spiro atoms. The average Bonchev–Trinajstić information content (AvgIpc) is 3.10. The molecule has 1 atom stereocenters. The molecule has 1 saturated heterocycles. The highest BCUT2D eigenvalue weighted by atomic mass is 16.1. The van der Waals surface area contributed by atoms with E-state index in [1.165, 1.54) is 30.4 Å². The lowest BCUT2D eigenvalue weighted by Crippen LogP contribution is -2.31. The third kappa shape index (κ3) is 6.62. The van der Waals surface area contributed by atoms with Crippen LogP contribution in [0.5, 0.6) is 0 Å². The molecule has 134 valence electrons. The Morgan fingerprint density at radius 1 is 1.33 bits per heavy atom. The second kappa shape index (κ2) is 10.5. The number of hydrogen-bond acceptors (Lipinski definition) is 3. The summed E-state index contributed by atoms with van der Waals surface area (Å²) < 4.78 is 0. The lowest BCUT2D eigenvalue weighted by Gasteiger charge is -2.20. The zero-order valence-electron chi connectivity index (χ0n) is 15.3. The van der Waals surface area contributed by atoms with Crippen molar-refractivity contribution in [3.05, 3.63) is 35.4 Å². The number of unbranched alkanes of at least 4 members (excludes halogenated alkanes) is 1. The van der Waals surface area contributed by atoms with Crippen LogP contribution in [0.2, 0.25) is 0 Å². The van der Waals surface area contributed by atoms with Crippen molar-refractivity contribution >= 4 is 5.91 Å². The Hall–Kier alpha value is -1.39. The highest BCUT2D eigenvalue weighted by Gasteiger charge is 2.17. The molecule has 1 heterocycles. The second-order valence-electron chi connectivity index (χ2n) is 6.82. The molecule has 0 saturated carbocycles. The first-order valence-corrected chi connectivity index (χ1v) is 9.51. The summed E-state index contributed by atoms with van der Waals surface area (Å²) in [6, 6.07) is 8.97. The van der Waals surface area contributed by atoms with Gasteiger partial charge in [0, 0.05) is 25.6 Å². The quantitative estimate of drug-likeness (QED) is 0.692. The van der Waals surface area contributed by atoms with Gasteiger partial charge >= 0.3 is 0 Å².